The van der Waals surface area contributed by atoms with Gasteiger partial charge in [-0.25, -0.2) is 0 Å². The Morgan fingerprint density at radius 3 is 2.50 bits per heavy atom. The quantitative estimate of drug-likeness (QED) is 0.639. The number of hydrogen-bond donors (Lipinski definition) is 2. The van der Waals surface area contributed by atoms with Gasteiger partial charge in [0.05, 0.1) is 0 Å². The van der Waals surface area contributed by atoms with Crippen LogP contribution < -0.4 is 10.6 Å². The van der Waals surface area contributed by atoms with Gasteiger partial charge in [0.15, 0.2) is 0 Å². The van der Waals surface area contributed by atoms with Crippen molar-refractivity contribution in [1.29, 1.82) is 0 Å². The molecule has 0 radical (unpaired) electrons. The summed E-state index contributed by atoms with van der Waals surface area (Å²) in [7, 11) is 0. The lowest BCUT2D eigenvalue weighted by atomic mass is 10.1. The van der Waals surface area contributed by atoms with Gasteiger partial charge in [0.1, 0.15) is 0 Å². The van der Waals surface area contributed by atoms with Crippen molar-refractivity contribution in [1.82, 2.24) is 15.5 Å². The summed E-state index contributed by atoms with van der Waals surface area (Å²) in [6.07, 6.45) is 1.29. The lowest BCUT2D eigenvalue weighted by Crippen LogP contribution is -2.46. The number of hydrogen-bond acceptors (Lipinski definition) is 3. The first-order chi connectivity index (χ1) is 7.68. The molecule has 0 aromatic carbocycles. The number of nitrogens with zero attached hydrogens (tertiary/aromatic N) is 1. The zero-order valence-electron chi connectivity index (χ0n) is 11.3. The van der Waals surface area contributed by atoms with E-state index in [2.05, 4.69) is 36.3 Å². The molecule has 16 heavy (non-hydrogen) atoms. The maximum Gasteiger partial charge on any atom is 0.0107 e. The van der Waals surface area contributed by atoms with E-state index in [1.807, 2.05) is 0 Å². The van der Waals surface area contributed by atoms with Gasteiger partial charge in [-0.2, -0.15) is 0 Å². The second-order valence-corrected chi connectivity index (χ2v) is 5.54. The van der Waals surface area contributed by atoms with Crippen LogP contribution in [0.4, 0.5) is 0 Å². The Morgan fingerprint density at radius 2 is 1.88 bits per heavy atom. The second kappa shape index (κ2) is 8.04. The molecule has 1 unspecified atom stereocenters. The van der Waals surface area contributed by atoms with E-state index in [0.717, 1.165) is 31.5 Å². The van der Waals surface area contributed by atoms with Crippen LogP contribution >= 0.6 is 0 Å². The molecule has 0 bridgehead atoms. The first kappa shape index (κ1) is 13.9. The highest BCUT2D eigenvalue weighted by Gasteiger charge is 2.12. The van der Waals surface area contributed by atoms with Crippen molar-refractivity contribution in [2.45, 2.75) is 27.2 Å². The first-order valence-electron chi connectivity index (χ1n) is 6.82. The van der Waals surface area contributed by atoms with Crippen molar-refractivity contribution < 1.29 is 0 Å². The Labute approximate surface area is 101 Å². The molecule has 1 aliphatic rings. The molecule has 1 fully saturated rings. The molecule has 96 valence electrons. The van der Waals surface area contributed by atoms with Crippen LogP contribution in [-0.4, -0.2) is 50.7 Å². The van der Waals surface area contributed by atoms with Crippen LogP contribution in [0.5, 0.6) is 0 Å². The number of piperazine rings is 1. The van der Waals surface area contributed by atoms with Crippen LogP contribution in [0.2, 0.25) is 0 Å². The molecule has 1 heterocycles. The standard InChI is InChI=1S/C13H29N3/c1-12(2)4-5-15-10-13(3)11-16-8-6-14-7-9-16/h12-15H,4-11H2,1-3H3. The van der Waals surface area contributed by atoms with E-state index in [-0.39, 0.29) is 0 Å². The summed E-state index contributed by atoms with van der Waals surface area (Å²) in [6, 6.07) is 0. The third-order valence-corrected chi connectivity index (χ3v) is 3.17. The van der Waals surface area contributed by atoms with Crippen LogP contribution in [0.3, 0.4) is 0 Å². The minimum atomic E-state index is 0.769. The molecule has 1 atom stereocenters. The minimum absolute atomic E-state index is 0.769. The molecular formula is C13H29N3. The van der Waals surface area contributed by atoms with Gasteiger partial charge >= 0.3 is 0 Å². The van der Waals surface area contributed by atoms with E-state index in [4.69, 9.17) is 0 Å². The van der Waals surface area contributed by atoms with Crippen molar-refractivity contribution in [3.05, 3.63) is 0 Å². The third-order valence-electron chi connectivity index (χ3n) is 3.17. The lowest BCUT2D eigenvalue weighted by Gasteiger charge is -2.29. The molecule has 1 aliphatic heterocycles. The predicted molar refractivity (Wildman–Crippen MR) is 70.8 cm³/mol. The second-order valence-electron chi connectivity index (χ2n) is 5.54. The molecule has 0 saturated carbocycles. The van der Waals surface area contributed by atoms with E-state index >= 15 is 0 Å². The van der Waals surface area contributed by atoms with Crippen molar-refractivity contribution in [2.24, 2.45) is 11.8 Å². The summed E-state index contributed by atoms with van der Waals surface area (Å²) in [5, 5.41) is 6.96. The van der Waals surface area contributed by atoms with Crippen LogP contribution in [-0.2, 0) is 0 Å². The highest BCUT2D eigenvalue weighted by Crippen LogP contribution is 2.01. The maximum absolute atomic E-state index is 3.56. The summed E-state index contributed by atoms with van der Waals surface area (Å²) in [6.45, 7) is 15.3. The summed E-state index contributed by atoms with van der Waals surface area (Å²) < 4.78 is 0. The van der Waals surface area contributed by atoms with E-state index in [9.17, 15) is 0 Å². The topological polar surface area (TPSA) is 27.3 Å². The smallest absolute Gasteiger partial charge is 0.0107 e. The molecule has 2 N–H and O–H groups in total. The van der Waals surface area contributed by atoms with Gasteiger partial charge < -0.3 is 15.5 Å². The fourth-order valence-corrected chi connectivity index (χ4v) is 2.14. The zero-order valence-corrected chi connectivity index (χ0v) is 11.3. The van der Waals surface area contributed by atoms with Crippen LogP contribution in [0, 0.1) is 11.8 Å². The third kappa shape index (κ3) is 6.46. The Bertz CT molecular complexity index is 165. The van der Waals surface area contributed by atoms with Crippen LogP contribution in [0.15, 0.2) is 0 Å². The molecule has 1 rings (SSSR count). The molecule has 0 spiro atoms. The first-order valence-corrected chi connectivity index (χ1v) is 6.82. The van der Waals surface area contributed by atoms with Gasteiger partial charge in [-0.3, -0.25) is 0 Å². The zero-order chi connectivity index (χ0) is 11.8. The monoisotopic (exact) mass is 227 g/mol. The van der Waals surface area contributed by atoms with Gasteiger partial charge in [0, 0.05) is 32.7 Å². The Kier molecular flexibility index (Phi) is 7.01. The SMILES string of the molecule is CC(C)CCNCC(C)CN1CCNCC1. The molecule has 0 amide bonds. The highest BCUT2D eigenvalue weighted by atomic mass is 15.2. The minimum Gasteiger partial charge on any atom is -0.316 e. The molecule has 0 aromatic rings. The largest absolute Gasteiger partial charge is 0.316 e. The van der Waals surface area contributed by atoms with Gasteiger partial charge in [-0.15, -0.1) is 0 Å². The average Bonchev–Trinajstić information content (AvgIpc) is 2.25. The van der Waals surface area contributed by atoms with Crippen molar-refractivity contribution in [3.8, 4) is 0 Å². The summed E-state index contributed by atoms with van der Waals surface area (Å²) in [5.74, 6) is 1.58. The van der Waals surface area contributed by atoms with Gasteiger partial charge in [-0.05, 0) is 31.3 Å². The molecule has 1 saturated heterocycles. The van der Waals surface area contributed by atoms with Crippen LogP contribution in [0.25, 0.3) is 0 Å². The van der Waals surface area contributed by atoms with E-state index < -0.39 is 0 Å². The summed E-state index contributed by atoms with van der Waals surface area (Å²) >= 11 is 0. The molecule has 0 aromatic heterocycles. The molecule has 3 heteroatoms. The maximum atomic E-state index is 3.56. The fraction of sp³-hybridized carbons (Fsp3) is 1.00. The van der Waals surface area contributed by atoms with Gasteiger partial charge in [0.25, 0.3) is 0 Å². The molecular weight excluding hydrogens is 198 g/mol. The average molecular weight is 227 g/mol. The van der Waals surface area contributed by atoms with E-state index in [1.54, 1.807) is 0 Å². The Morgan fingerprint density at radius 1 is 1.19 bits per heavy atom. The fourth-order valence-electron chi connectivity index (χ4n) is 2.14. The Hall–Kier alpha value is -0.120. The van der Waals surface area contributed by atoms with E-state index in [1.165, 1.54) is 32.6 Å². The van der Waals surface area contributed by atoms with Crippen molar-refractivity contribution in [2.75, 3.05) is 45.8 Å². The predicted octanol–water partition coefficient (Wildman–Crippen LogP) is 1.16. The molecule has 0 aliphatic carbocycles. The van der Waals surface area contributed by atoms with Crippen LogP contribution in [0.1, 0.15) is 27.2 Å². The number of nitrogens with one attached hydrogen (secondary N) is 2. The highest BCUT2D eigenvalue weighted by molar-refractivity contribution is 4.70. The number of rotatable bonds is 7. The van der Waals surface area contributed by atoms with E-state index in [0.29, 0.717) is 0 Å². The summed E-state index contributed by atoms with van der Waals surface area (Å²) in [5.41, 5.74) is 0. The molecule has 3 nitrogen and oxygen atoms in total. The summed E-state index contributed by atoms with van der Waals surface area (Å²) in [4.78, 5) is 2.57. The lowest BCUT2D eigenvalue weighted by molar-refractivity contribution is 0.209. The van der Waals surface area contributed by atoms with Crippen molar-refractivity contribution in [3.63, 3.8) is 0 Å². The van der Waals surface area contributed by atoms with Gasteiger partial charge in [-0.1, -0.05) is 20.8 Å². The normalized spacial score (nSPS) is 20.2. The van der Waals surface area contributed by atoms with Crippen molar-refractivity contribution >= 4 is 0 Å². The van der Waals surface area contributed by atoms with Gasteiger partial charge in [0.2, 0.25) is 0 Å². The Balaban J connectivity index is 1.99.